The summed E-state index contributed by atoms with van der Waals surface area (Å²) >= 11 is 0. The molecule has 0 aliphatic rings. The van der Waals surface area contributed by atoms with Crippen molar-refractivity contribution in [3.05, 3.63) is 34.9 Å². The molecule has 1 N–H and O–H groups in total. The van der Waals surface area contributed by atoms with E-state index in [0.29, 0.717) is 6.07 Å². The second-order valence-electron chi connectivity index (χ2n) is 3.18. The van der Waals surface area contributed by atoms with Crippen LogP contribution in [0, 0.1) is 11.6 Å². The van der Waals surface area contributed by atoms with Gasteiger partial charge in [0.15, 0.2) is 11.6 Å². The number of alkyl halides is 3. The Morgan fingerprint density at radius 1 is 1.29 bits per heavy atom. The van der Waals surface area contributed by atoms with Crippen molar-refractivity contribution >= 4 is 5.91 Å². The summed E-state index contributed by atoms with van der Waals surface area (Å²) in [6.45, 7) is 1.71. The minimum absolute atomic E-state index is 0.166. The van der Waals surface area contributed by atoms with Gasteiger partial charge in [0, 0.05) is 12.1 Å². The van der Waals surface area contributed by atoms with Crippen LogP contribution in [-0.2, 0) is 6.18 Å². The standard InChI is InChI=1S/C10H8F5NO/c1-2-16-9(17)5-3-6(10(13,14)15)8(12)7(11)4-5/h3-4H,2H2,1H3,(H,16,17). The Kier molecular flexibility index (Phi) is 3.69. The highest BCUT2D eigenvalue weighted by Gasteiger charge is 2.36. The molecule has 0 radical (unpaired) electrons. The summed E-state index contributed by atoms with van der Waals surface area (Å²) < 4.78 is 62.8. The highest BCUT2D eigenvalue weighted by Crippen LogP contribution is 2.33. The van der Waals surface area contributed by atoms with Crippen molar-refractivity contribution in [3.8, 4) is 0 Å². The van der Waals surface area contributed by atoms with Gasteiger partial charge in [0.2, 0.25) is 0 Å². The second kappa shape index (κ2) is 4.68. The molecule has 0 aromatic heterocycles. The summed E-state index contributed by atoms with van der Waals surface area (Å²) in [5, 5.41) is 2.19. The summed E-state index contributed by atoms with van der Waals surface area (Å²) in [4.78, 5) is 11.2. The number of amides is 1. The van der Waals surface area contributed by atoms with Crippen LogP contribution in [0.25, 0.3) is 0 Å². The SMILES string of the molecule is CCNC(=O)c1cc(F)c(F)c(C(F)(F)F)c1. The molecular formula is C10H8F5NO. The fourth-order valence-electron chi connectivity index (χ4n) is 1.19. The van der Waals surface area contributed by atoms with Gasteiger partial charge in [0.25, 0.3) is 5.91 Å². The molecule has 17 heavy (non-hydrogen) atoms. The lowest BCUT2D eigenvalue weighted by Gasteiger charge is -2.10. The van der Waals surface area contributed by atoms with E-state index >= 15 is 0 Å². The lowest BCUT2D eigenvalue weighted by Crippen LogP contribution is -2.24. The maximum Gasteiger partial charge on any atom is 0.419 e. The fourth-order valence-corrected chi connectivity index (χ4v) is 1.19. The third kappa shape index (κ3) is 2.92. The number of carbonyl (C=O) groups excluding carboxylic acids is 1. The number of hydrogen-bond acceptors (Lipinski definition) is 1. The zero-order chi connectivity index (χ0) is 13.2. The molecule has 1 aromatic rings. The van der Waals surface area contributed by atoms with E-state index in [9.17, 15) is 26.7 Å². The second-order valence-corrected chi connectivity index (χ2v) is 3.18. The monoisotopic (exact) mass is 253 g/mol. The van der Waals surface area contributed by atoms with Gasteiger partial charge in [-0.2, -0.15) is 13.2 Å². The largest absolute Gasteiger partial charge is 0.419 e. The number of benzene rings is 1. The molecule has 0 aliphatic heterocycles. The quantitative estimate of drug-likeness (QED) is 0.807. The molecular weight excluding hydrogens is 245 g/mol. The van der Waals surface area contributed by atoms with Crippen LogP contribution in [-0.4, -0.2) is 12.5 Å². The average Bonchev–Trinajstić information content (AvgIpc) is 2.20. The van der Waals surface area contributed by atoms with Gasteiger partial charge in [-0.3, -0.25) is 4.79 Å². The first-order valence-corrected chi connectivity index (χ1v) is 4.61. The Labute approximate surface area is 93.4 Å². The van der Waals surface area contributed by atoms with Crippen molar-refractivity contribution in [2.75, 3.05) is 6.54 Å². The lowest BCUT2D eigenvalue weighted by atomic mass is 10.1. The average molecular weight is 253 g/mol. The Morgan fingerprint density at radius 3 is 2.35 bits per heavy atom. The summed E-state index contributed by atoms with van der Waals surface area (Å²) in [6.07, 6.45) is -5.05. The first-order chi connectivity index (χ1) is 7.77. The summed E-state index contributed by atoms with van der Waals surface area (Å²) in [5.74, 6) is -4.61. The molecule has 1 amide bonds. The molecule has 1 aromatic carbocycles. The van der Waals surface area contributed by atoms with Crippen LogP contribution in [0.5, 0.6) is 0 Å². The first kappa shape index (κ1) is 13.4. The van der Waals surface area contributed by atoms with Gasteiger partial charge in [-0.1, -0.05) is 0 Å². The van der Waals surface area contributed by atoms with Gasteiger partial charge in [-0.05, 0) is 19.1 Å². The van der Waals surface area contributed by atoms with Crippen molar-refractivity contribution in [1.82, 2.24) is 5.32 Å². The van der Waals surface area contributed by atoms with Crippen molar-refractivity contribution < 1.29 is 26.7 Å². The number of hydrogen-bond donors (Lipinski definition) is 1. The Bertz CT molecular complexity index is 441. The highest BCUT2D eigenvalue weighted by atomic mass is 19.4. The zero-order valence-corrected chi connectivity index (χ0v) is 8.66. The van der Waals surface area contributed by atoms with Crippen molar-refractivity contribution in [2.24, 2.45) is 0 Å². The maximum absolute atomic E-state index is 12.9. The van der Waals surface area contributed by atoms with Crippen molar-refractivity contribution in [1.29, 1.82) is 0 Å². The third-order valence-electron chi connectivity index (χ3n) is 1.93. The predicted molar refractivity (Wildman–Crippen MR) is 49.4 cm³/mol. The van der Waals surface area contributed by atoms with E-state index in [-0.39, 0.29) is 12.6 Å². The maximum atomic E-state index is 12.9. The van der Waals surface area contributed by atoms with Crippen molar-refractivity contribution in [3.63, 3.8) is 0 Å². The van der Waals surface area contributed by atoms with Gasteiger partial charge < -0.3 is 5.32 Å². The van der Waals surface area contributed by atoms with Gasteiger partial charge in [0.1, 0.15) is 0 Å². The predicted octanol–water partition coefficient (Wildman–Crippen LogP) is 2.73. The Balaban J connectivity index is 3.29. The zero-order valence-electron chi connectivity index (χ0n) is 8.66. The third-order valence-corrected chi connectivity index (χ3v) is 1.93. The molecule has 0 atom stereocenters. The van der Waals surface area contributed by atoms with E-state index in [0.717, 1.165) is 0 Å². The normalized spacial score (nSPS) is 11.4. The topological polar surface area (TPSA) is 29.1 Å². The van der Waals surface area contributed by atoms with Crippen LogP contribution in [0.15, 0.2) is 12.1 Å². The van der Waals surface area contributed by atoms with E-state index in [4.69, 9.17) is 0 Å². The van der Waals surface area contributed by atoms with E-state index in [1.807, 2.05) is 0 Å². The van der Waals surface area contributed by atoms with E-state index < -0.39 is 34.8 Å². The summed E-state index contributed by atoms with van der Waals surface area (Å²) in [5.41, 5.74) is -2.36. The fraction of sp³-hybridized carbons (Fsp3) is 0.300. The smallest absolute Gasteiger partial charge is 0.352 e. The Hall–Kier alpha value is -1.66. The minimum Gasteiger partial charge on any atom is -0.352 e. The van der Waals surface area contributed by atoms with Gasteiger partial charge in [-0.15, -0.1) is 0 Å². The number of halogens is 5. The van der Waals surface area contributed by atoms with Crippen molar-refractivity contribution in [2.45, 2.75) is 13.1 Å². The summed E-state index contributed by atoms with van der Waals surface area (Å²) in [6, 6.07) is 0.707. The van der Waals surface area contributed by atoms with Crippen LogP contribution in [0.3, 0.4) is 0 Å². The molecule has 0 unspecified atom stereocenters. The minimum atomic E-state index is -5.05. The highest BCUT2D eigenvalue weighted by molar-refractivity contribution is 5.94. The van der Waals surface area contributed by atoms with Crippen LogP contribution in [0.4, 0.5) is 22.0 Å². The van der Waals surface area contributed by atoms with E-state index in [1.165, 1.54) is 0 Å². The molecule has 2 nitrogen and oxygen atoms in total. The van der Waals surface area contributed by atoms with Crippen LogP contribution in [0.2, 0.25) is 0 Å². The van der Waals surface area contributed by atoms with Crippen LogP contribution < -0.4 is 5.32 Å². The lowest BCUT2D eigenvalue weighted by molar-refractivity contribution is -0.140. The van der Waals surface area contributed by atoms with E-state index in [2.05, 4.69) is 5.32 Å². The van der Waals surface area contributed by atoms with Crippen LogP contribution >= 0.6 is 0 Å². The van der Waals surface area contributed by atoms with Gasteiger partial charge >= 0.3 is 6.18 Å². The van der Waals surface area contributed by atoms with Crippen LogP contribution in [0.1, 0.15) is 22.8 Å². The molecule has 0 heterocycles. The molecule has 1 rings (SSSR count). The molecule has 94 valence electrons. The molecule has 0 bridgehead atoms. The van der Waals surface area contributed by atoms with Gasteiger partial charge in [0.05, 0.1) is 5.56 Å². The number of nitrogens with one attached hydrogen (secondary N) is 1. The molecule has 0 spiro atoms. The molecule has 7 heteroatoms. The molecule has 0 fully saturated rings. The molecule has 0 saturated heterocycles. The molecule has 0 saturated carbocycles. The first-order valence-electron chi connectivity index (χ1n) is 4.61. The Morgan fingerprint density at radius 2 is 1.88 bits per heavy atom. The van der Waals surface area contributed by atoms with E-state index in [1.54, 1.807) is 6.92 Å². The summed E-state index contributed by atoms with van der Waals surface area (Å²) in [7, 11) is 0. The number of rotatable bonds is 2. The number of carbonyl (C=O) groups is 1. The molecule has 0 aliphatic carbocycles. The van der Waals surface area contributed by atoms with Gasteiger partial charge in [-0.25, -0.2) is 8.78 Å².